The third-order valence-corrected chi connectivity index (χ3v) is 10.6. The fourth-order valence-electron chi connectivity index (χ4n) is 6.11. The van der Waals surface area contributed by atoms with Crippen LogP contribution in [0, 0.1) is 35.2 Å². The van der Waals surface area contributed by atoms with Crippen LogP contribution < -0.4 is 5.32 Å². The van der Waals surface area contributed by atoms with Crippen molar-refractivity contribution in [1.82, 2.24) is 4.98 Å². The van der Waals surface area contributed by atoms with E-state index in [0.717, 1.165) is 6.07 Å². The average Bonchev–Trinajstić information content (AvgIpc) is 3.00. The van der Waals surface area contributed by atoms with Gasteiger partial charge in [-0.1, -0.05) is 18.5 Å². The van der Waals surface area contributed by atoms with Crippen molar-refractivity contribution < 1.29 is 31.5 Å². The number of carbonyl (C=O) groups excluding carboxylic acids is 1. The summed E-state index contributed by atoms with van der Waals surface area (Å²) in [6.45, 7) is 2.00. The van der Waals surface area contributed by atoms with Gasteiger partial charge < -0.3 is 10.4 Å². The van der Waals surface area contributed by atoms with Crippen LogP contribution in [0.4, 0.5) is 18.9 Å². The molecular formula is C27H24ClF3N2O4S. The second-order valence-electron chi connectivity index (χ2n) is 10.1. The minimum atomic E-state index is -4.03. The molecule has 1 aromatic heterocycles. The predicted molar refractivity (Wildman–Crippen MR) is 135 cm³/mol. The summed E-state index contributed by atoms with van der Waals surface area (Å²) in [6.07, 6.45) is 4.29. The maximum absolute atomic E-state index is 13.8. The molecule has 11 heteroatoms. The van der Waals surface area contributed by atoms with Crippen molar-refractivity contribution in [3.63, 3.8) is 0 Å². The summed E-state index contributed by atoms with van der Waals surface area (Å²) < 4.78 is 67.9. The number of carbonyl (C=O) groups is 1. The second-order valence-corrected chi connectivity index (χ2v) is 12.7. The Balaban J connectivity index is 1.43. The van der Waals surface area contributed by atoms with Crippen molar-refractivity contribution in [2.45, 2.75) is 41.9 Å². The van der Waals surface area contributed by atoms with E-state index in [0.29, 0.717) is 24.1 Å². The van der Waals surface area contributed by atoms with Crippen LogP contribution in [0.5, 0.6) is 0 Å². The van der Waals surface area contributed by atoms with Gasteiger partial charge in [-0.3, -0.25) is 9.78 Å². The topological polar surface area (TPSA) is 96.4 Å². The molecular weight excluding hydrogens is 541 g/mol. The van der Waals surface area contributed by atoms with E-state index in [1.54, 1.807) is 24.5 Å². The summed E-state index contributed by atoms with van der Waals surface area (Å²) in [4.78, 5) is 16.5. The number of rotatable bonds is 5. The quantitative estimate of drug-likeness (QED) is 0.399. The Hall–Kier alpha value is -2.95. The molecule has 2 bridgehead atoms. The van der Waals surface area contributed by atoms with Crippen LogP contribution in [0.3, 0.4) is 0 Å². The number of anilines is 1. The molecule has 0 saturated heterocycles. The second kappa shape index (κ2) is 9.66. The fraction of sp³-hybridized carbons (Fsp3) is 0.333. The number of aromatic nitrogens is 1. The largest absolute Gasteiger partial charge is 0.385 e. The first-order valence-electron chi connectivity index (χ1n) is 12.0. The normalized spacial score (nSPS) is 26.8. The van der Waals surface area contributed by atoms with Crippen LogP contribution in [0.1, 0.15) is 42.1 Å². The Bertz CT molecular complexity index is 1500. The molecule has 2 aliphatic carbocycles. The van der Waals surface area contributed by atoms with Gasteiger partial charge in [-0.15, -0.1) is 0 Å². The molecule has 2 saturated carbocycles. The first-order valence-corrected chi connectivity index (χ1v) is 14.0. The maximum atomic E-state index is 13.8. The highest BCUT2D eigenvalue weighted by Crippen LogP contribution is 2.59. The Kier molecular flexibility index (Phi) is 6.77. The molecule has 5 atom stereocenters. The van der Waals surface area contributed by atoms with Crippen molar-refractivity contribution >= 4 is 33.0 Å². The number of aliphatic hydroxyl groups is 1. The minimum absolute atomic E-state index is 0.0733. The Morgan fingerprint density at radius 3 is 2.34 bits per heavy atom. The Morgan fingerprint density at radius 1 is 1.05 bits per heavy atom. The summed E-state index contributed by atoms with van der Waals surface area (Å²) in [5.41, 5.74) is -0.898. The zero-order valence-corrected chi connectivity index (χ0v) is 21.7. The molecule has 0 spiro atoms. The van der Waals surface area contributed by atoms with Crippen molar-refractivity contribution in [2.75, 3.05) is 5.32 Å². The first kappa shape index (κ1) is 26.6. The molecule has 2 fully saturated rings. The summed E-state index contributed by atoms with van der Waals surface area (Å²) in [5, 5.41) is 13.1. The molecule has 1 unspecified atom stereocenters. The standard InChI is InChI=1S/C27H24ClF3N2O4S/c1-14-8-17-10-19(13-20(14)27(17,35)16-4-6-32-7-5-16)38(36,37)24-9-15(2-3-21(24)28)26(34)33-18-11-22(29)25(31)23(30)12-18/h2-7,9,11-12,14,17,19-20,35H,8,10,13H2,1H3,(H,33,34)/t14-,17?,19+,20+,27+/m0/s1. The molecule has 1 amide bonds. The van der Waals surface area contributed by atoms with Gasteiger partial charge in [0, 0.05) is 35.8 Å². The van der Waals surface area contributed by atoms with Gasteiger partial charge in [-0.05, 0) is 72.9 Å². The molecule has 2 N–H and O–H groups in total. The van der Waals surface area contributed by atoms with Crippen molar-refractivity contribution in [2.24, 2.45) is 17.8 Å². The van der Waals surface area contributed by atoms with Crippen molar-refractivity contribution in [1.29, 1.82) is 0 Å². The van der Waals surface area contributed by atoms with E-state index in [1.807, 2.05) is 6.92 Å². The third-order valence-electron chi connectivity index (χ3n) is 7.92. The molecule has 2 aromatic carbocycles. The number of fused-ring (bicyclic) bond motifs is 2. The van der Waals surface area contributed by atoms with Crippen molar-refractivity contribution in [3.8, 4) is 0 Å². The first-order chi connectivity index (χ1) is 17.9. The monoisotopic (exact) mass is 564 g/mol. The Labute approximate surface area is 222 Å². The molecule has 5 rings (SSSR count). The van der Waals surface area contributed by atoms with Gasteiger partial charge in [0.1, 0.15) is 0 Å². The number of pyridine rings is 1. The van der Waals surface area contributed by atoms with E-state index in [9.17, 15) is 31.5 Å². The van der Waals surface area contributed by atoms with E-state index in [4.69, 9.17) is 11.6 Å². The van der Waals surface area contributed by atoms with Gasteiger partial charge in [0.2, 0.25) is 0 Å². The lowest BCUT2D eigenvalue weighted by atomic mass is 9.70. The SMILES string of the molecule is C[C@H]1CC2C[C@@H](S(=O)(=O)c3cc(C(=O)Nc4cc(F)c(F)c(F)c4)ccc3Cl)C[C@H]1[C@@]2(O)c1ccncc1. The van der Waals surface area contributed by atoms with Crippen molar-refractivity contribution in [3.05, 3.63) is 88.5 Å². The lowest BCUT2D eigenvalue weighted by molar-refractivity contribution is -0.0699. The minimum Gasteiger partial charge on any atom is -0.385 e. The van der Waals surface area contributed by atoms with Gasteiger partial charge in [0.15, 0.2) is 27.3 Å². The van der Waals surface area contributed by atoms with Crippen LogP contribution >= 0.6 is 11.6 Å². The van der Waals surface area contributed by atoms with E-state index in [2.05, 4.69) is 10.3 Å². The molecule has 6 nitrogen and oxygen atoms in total. The van der Waals surface area contributed by atoms with Crippen LogP contribution in [0.25, 0.3) is 0 Å². The molecule has 200 valence electrons. The van der Waals surface area contributed by atoms with Gasteiger partial charge in [0.05, 0.1) is 20.8 Å². The van der Waals surface area contributed by atoms with E-state index in [-0.39, 0.29) is 51.8 Å². The number of hydrogen-bond donors (Lipinski definition) is 2. The molecule has 0 radical (unpaired) electrons. The molecule has 1 heterocycles. The van der Waals surface area contributed by atoms with Gasteiger partial charge in [-0.2, -0.15) is 0 Å². The summed E-state index contributed by atoms with van der Waals surface area (Å²) in [5.74, 6) is -6.01. The molecule has 3 aromatic rings. The highest BCUT2D eigenvalue weighted by atomic mass is 35.5. The van der Waals surface area contributed by atoms with Gasteiger partial charge in [0.25, 0.3) is 5.91 Å². The smallest absolute Gasteiger partial charge is 0.255 e. The fourth-order valence-corrected chi connectivity index (χ4v) is 8.49. The molecule has 2 aliphatic rings. The highest BCUT2D eigenvalue weighted by molar-refractivity contribution is 7.92. The zero-order chi connectivity index (χ0) is 27.4. The lowest BCUT2D eigenvalue weighted by Crippen LogP contribution is -2.46. The van der Waals surface area contributed by atoms with E-state index < -0.39 is 44.0 Å². The van der Waals surface area contributed by atoms with E-state index in [1.165, 1.54) is 12.1 Å². The number of amides is 1. The van der Waals surface area contributed by atoms with Crippen LogP contribution in [-0.4, -0.2) is 29.7 Å². The predicted octanol–water partition coefficient (Wildman–Crippen LogP) is 5.50. The molecule has 0 aliphatic heterocycles. The number of sulfone groups is 1. The number of hydrogen-bond acceptors (Lipinski definition) is 5. The maximum Gasteiger partial charge on any atom is 0.255 e. The number of halogens is 4. The number of nitrogens with one attached hydrogen (secondary N) is 1. The van der Waals surface area contributed by atoms with Gasteiger partial charge >= 0.3 is 0 Å². The van der Waals surface area contributed by atoms with Crippen LogP contribution in [0.15, 0.2) is 59.8 Å². The average molecular weight is 565 g/mol. The number of benzene rings is 2. The molecule has 38 heavy (non-hydrogen) atoms. The lowest BCUT2D eigenvalue weighted by Gasteiger charge is -2.43. The third kappa shape index (κ3) is 4.38. The number of nitrogens with zero attached hydrogens (tertiary/aromatic N) is 1. The van der Waals surface area contributed by atoms with Crippen LogP contribution in [-0.2, 0) is 15.4 Å². The highest BCUT2D eigenvalue weighted by Gasteiger charge is 2.59. The zero-order valence-electron chi connectivity index (χ0n) is 20.2. The summed E-state index contributed by atoms with van der Waals surface area (Å²) >= 11 is 6.28. The van der Waals surface area contributed by atoms with Crippen LogP contribution in [0.2, 0.25) is 5.02 Å². The summed E-state index contributed by atoms with van der Waals surface area (Å²) in [6, 6.07) is 8.41. The van der Waals surface area contributed by atoms with Gasteiger partial charge in [-0.25, -0.2) is 21.6 Å². The van der Waals surface area contributed by atoms with E-state index >= 15 is 0 Å². The summed E-state index contributed by atoms with van der Waals surface area (Å²) in [7, 11) is -4.03. The Morgan fingerprint density at radius 2 is 1.71 bits per heavy atom.